The summed E-state index contributed by atoms with van der Waals surface area (Å²) in [4.78, 5) is 10.2. The van der Waals surface area contributed by atoms with Crippen molar-refractivity contribution in [3.63, 3.8) is 0 Å². The van der Waals surface area contributed by atoms with Crippen LogP contribution >= 0.6 is 0 Å². The van der Waals surface area contributed by atoms with Gasteiger partial charge in [-0.2, -0.15) is 0 Å². The van der Waals surface area contributed by atoms with E-state index in [4.69, 9.17) is 9.97 Å². The molecule has 0 amide bonds. The number of rotatable bonds is 5. The van der Waals surface area contributed by atoms with E-state index in [1.165, 1.54) is 42.5 Å². The lowest BCUT2D eigenvalue weighted by molar-refractivity contribution is 0.361. The van der Waals surface area contributed by atoms with Crippen LogP contribution in [0.15, 0.2) is 60.7 Å². The summed E-state index contributed by atoms with van der Waals surface area (Å²) in [6.07, 6.45) is 4.96. The third-order valence-corrected chi connectivity index (χ3v) is 7.46. The number of hydrogen-bond acceptors (Lipinski definition) is 3. The van der Waals surface area contributed by atoms with E-state index in [0.717, 1.165) is 34.2 Å². The molecule has 1 unspecified atom stereocenters. The highest BCUT2D eigenvalue weighted by molar-refractivity contribution is 5.93. The Morgan fingerprint density at radius 3 is 2.18 bits per heavy atom. The van der Waals surface area contributed by atoms with Crippen molar-refractivity contribution in [2.75, 3.05) is 5.32 Å². The predicted octanol–water partition coefficient (Wildman–Crippen LogP) is 7.32. The molecular formula is C29H34N4. The molecule has 1 N–H and O–H groups in total. The van der Waals surface area contributed by atoms with Crippen LogP contribution in [0.1, 0.15) is 62.4 Å². The van der Waals surface area contributed by atoms with Crippen molar-refractivity contribution in [1.82, 2.24) is 14.5 Å². The molecule has 0 spiro atoms. The third-order valence-electron chi connectivity index (χ3n) is 7.46. The Balaban J connectivity index is 1.68. The average Bonchev–Trinajstić information content (AvgIpc) is 3.11. The van der Waals surface area contributed by atoms with E-state index in [9.17, 15) is 0 Å². The molecule has 1 aliphatic carbocycles. The third kappa shape index (κ3) is 4.15. The summed E-state index contributed by atoms with van der Waals surface area (Å²) < 4.78 is 2.39. The van der Waals surface area contributed by atoms with Gasteiger partial charge < -0.3 is 9.88 Å². The van der Waals surface area contributed by atoms with Crippen LogP contribution in [0.3, 0.4) is 0 Å². The minimum absolute atomic E-state index is 0.185. The Bertz CT molecular complexity index is 1240. The molecule has 1 saturated carbocycles. The molecule has 4 nitrogen and oxygen atoms in total. The molecule has 0 bridgehead atoms. The number of fused-ring (bicyclic) bond motifs is 1. The average molecular weight is 439 g/mol. The minimum Gasteiger partial charge on any atom is -0.367 e. The number of aromatic nitrogens is 3. The molecule has 0 aliphatic heterocycles. The van der Waals surface area contributed by atoms with Gasteiger partial charge in [-0.15, -0.1) is 0 Å². The lowest BCUT2D eigenvalue weighted by Crippen LogP contribution is -2.26. The van der Waals surface area contributed by atoms with Gasteiger partial charge in [-0.05, 0) is 63.5 Å². The molecule has 5 rings (SSSR count). The fourth-order valence-corrected chi connectivity index (χ4v) is 5.26. The lowest BCUT2D eigenvalue weighted by atomic mass is 9.87. The summed E-state index contributed by atoms with van der Waals surface area (Å²) in [5.41, 5.74) is 5.87. The van der Waals surface area contributed by atoms with Crippen molar-refractivity contribution in [3.05, 3.63) is 77.5 Å². The zero-order chi connectivity index (χ0) is 22.9. The van der Waals surface area contributed by atoms with Gasteiger partial charge in [-0.1, -0.05) is 67.6 Å². The number of hydrogen-bond donors (Lipinski definition) is 1. The maximum Gasteiger partial charge on any atom is 0.163 e. The van der Waals surface area contributed by atoms with E-state index in [1.807, 2.05) is 6.07 Å². The maximum absolute atomic E-state index is 5.15. The zero-order valence-corrected chi connectivity index (χ0v) is 20.2. The van der Waals surface area contributed by atoms with Crippen LogP contribution in [-0.2, 0) is 0 Å². The van der Waals surface area contributed by atoms with Crippen LogP contribution < -0.4 is 5.32 Å². The summed E-state index contributed by atoms with van der Waals surface area (Å²) in [5, 5.41) is 5.01. The lowest BCUT2D eigenvalue weighted by Gasteiger charge is -2.27. The first-order valence-corrected chi connectivity index (χ1v) is 12.3. The van der Waals surface area contributed by atoms with Crippen LogP contribution in [0.5, 0.6) is 0 Å². The first kappa shape index (κ1) is 21.7. The molecular weight excluding hydrogens is 404 g/mol. The van der Waals surface area contributed by atoms with Gasteiger partial charge in [-0.25, -0.2) is 9.97 Å². The molecule has 2 aromatic heterocycles. The Kier molecular flexibility index (Phi) is 5.92. The Morgan fingerprint density at radius 2 is 1.52 bits per heavy atom. The van der Waals surface area contributed by atoms with E-state index >= 15 is 0 Å². The SMILES string of the molecule is Cc1c(C)n(C(C)c2ccccc2)c2nc(-c3ccccc3)nc(N[C@H]3CC[C@H](C)CC3)c12. The number of nitrogens with one attached hydrogen (secondary N) is 1. The maximum atomic E-state index is 5.15. The van der Waals surface area contributed by atoms with Gasteiger partial charge in [0.1, 0.15) is 11.5 Å². The highest BCUT2D eigenvalue weighted by atomic mass is 15.1. The van der Waals surface area contributed by atoms with Crippen LogP contribution in [0.2, 0.25) is 0 Å². The van der Waals surface area contributed by atoms with Crippen molar-refractivity contribution >= 4 is 16.9 Å². The largest absolute Gasteiger partial charge is 0.367 e. The molecule has 2 aromatic carbocycles. The van der Waals surface area contributed by atoms with E-state index < -0.39 is 0 Å². The Labute approximate surface area is 197 Å². The Morgan fingerprint density at radius 1 is 0.879 bits per heavy atom. The highest BCUT2D eigenvalue weighted by Crippen LogP contribution is 2.36. The molecule has 0 saturated heterocycles. The molecule has 0 radical (unpaired) electrons. The summed E-state index contributed by atoms with van der Waals surface area (Å²) in [7, 11) is 0. The fraction of sp³-hybridized carbons (Fsp3) is 0.379. The number of benzene rings is 2. The molecule has 4 aromatic rings. The van der Waals surface area contributed by atoms with Crippen molar-refractivity contribution in [2.24, 2.45) is 5.92 Å². The molecule has 33 heavy (non-hydrogen) atoms. The summed E-state index contributed by atoms with van der Waals surface area (Å²) >= 11 is 0. The van der Waals surface area contributed by atoms with E-state index in [2.05, 4.69) is 92.2 Å². The second-order valence-corrected chi connectivity index (χ2v) is 9.73. The van der Waals surface area contributed by atoms with Crippen LogP contribution in [0, 0.1) is 19.8 Å². The molecule has 1 aliphatic rings. The molecule has 1 atom stereocenters. The molecule has 1 fully saturated rings. The molecule has 170 valence electrons. The smallest absolute Gasteiger partial charge is 0.163 e. The van der Waals surface area contributed by atoms with E-state index in [-0.39, 0.29) is 6.04 Å². The quantitative estimate of drug-likeness (QED) is 0.355. The van der Waals surface area contributed by atoms with Crippen molar-refractivity contribution in [1.29, 1.82) is 0 Å². The highest BCUT2D eigenvalue weighted by Gasteiger charge is 2.25. The standard InChI is InChI=1S/C29H34N4/c1-19-15-17-25(18-16-19)30-28-26-20(2)21(3)33(22(4)23-11-7-5-8-12-23)29(26)32-27(31-28)24-13-9-6-10-14-24/h5-14,19,22,25H,15-18H2,1-4H3,(H,30,31,32)/t19-,22?,25-. The second kappa shape index (κ2) is 9.01. The summed E-state index contributed by atoms with van der Waals surface area (Å²) in [5.74, 6) is 2.59. The van der Waals surface area contributed by atoms with Crippen molar-refractivity contribution in [3.8, 4) is 11.4 Å². The van der Waals surface area contributed by atoms with Crippen molar-refractivity contribution < 1.29 is 0 Å². The molecule has 4 heteroatoms. The topological polar surface area (TPSA) is 42.7 Å². The molecule has 2 heterocycles. The second-order valence-electron chi connectivity index (χ2n) is 9.73. The van der Waals surface area contributed by atoms with Crippen LogP contribution in [0.25, 0.3) is 22.4 Å². The zero-order valence-electron chi connectivity index (χ0n) is 20.2. The summed E-state index contributed by atoms with van der Waals surface area (Å²) in [6, 6.07) is 21.7. The summed E-state index contributed by atoms with van der Waals surface area (Å²) in [6.45, 7) is 9.06. The number of anilines is 1. The van der Waals surface area contributed by atoms with Crippen molar-refractivity contribution in [2.45, 2.75) is 65.5 Å². The van der Waals surface area contributed by atoms with Gasteiger partial charge in [0, 0.05) is 17.3 Å². The first-order valence-electron chi connectivity index (χ1n) is 12.3. The van der Waals surface area contributed by atoms with E-state index in [0.29, 0.717) is 6.04 Å². The fourth-order valence-electron chi connectivity index (χ4n) is 5.26. The van der Waals surface area contributed by atoms with Gasteiger partial charge in [0.25, 0.3) is 0 Å². The monoisotopic (exact) mass is 438 g/mol. The first-order chi connectivity index (χ1) is 16.0. The minimum atomic E-state index is 0.185. The van der Waals surface area contributed by atoms with E-state index in [1.54, 1.807) is 0 Å². The van der Waals surface area contributed by atoms with Gasteiger partial charge >= 0.3 is 0 Å². The van der Waals surface area contributed by atoms with Gasteiger partial charge in [-0.3, -0.25) is 0 Å². The van der Waals surface area contributed by atoms with Crippen LogP contribution in [0.4, 0.5) is 5.82 Å². The van der Waals surface area contributed by atoms with Gasteiger partial charge in [0.15, 0.2) is 5.82 Å². The van der Waals surface area contributed by atoms with Crippen LogP contribution in [-0.4, -0.2) is 20.6 Å². The van der Waals surface area contributed by atoms with Gasteiger partial charge in [0.2, 0.25) is 0 Å². The normalized spacial score (nSPS) is 19.5. The number of nitrogens with zero attached hydrogens (tertiary/aromatic N) is 3. The number of aryl methyl sites for hydroxylation is 1. The predicted molar refractivity (Wildman–Crippen MR) is 138 cm³/mol. The Hall–Kier alpha value is -3.14. The van der Waals surface area contributed by atoms with Gasteiger partial charge in [0.05, 0.1) is 11.4 Å².